The summed E-state index contributed by atoms with van der Waals surface area (Å²) >= 11 is 0. The zero-order valence-electron chi connectivity index (χ0n) is 17.3. The third-order valence-electron chi connectivity index (χ3n) is 6.06. The average molecular weight is 381 g/mol. The number of piperidine rings is 1. The van der Waals surface area contributed by atoms with E-state index < -0.39 is 0 Å². The molecule has 0 unspecified atom stereocenters. The van der Waals surface area contributed by atoms with Crippen LogP contribution in [0, 0.1) is 13.8 Å². The lowest BCUT2D eigenvalue weighted by atomic mass is 10.1. The largest absolute Gasteiger partial charge is 0.369 e. The first-order chi connectivity index (χ1) is 13.6. The Bertz CT molecular complexity index is 789. The average Bonchev–Trinajstić information content (AvgIpc) is 2.73. The van der Waals surface area contributed by atoms with Gasteiger partial charge in [-0.2, -0.15) is 0 Å². The molecule has 28 heavy (non-hydrogen) atoms. The number of rotatable bonds is 4. The molecule has 4 rings (SSSR count). The number of hydrogen-bond donors (Lipinski definition) is 2. The minimum atomic E-state index is 0.488. The van der Waals surface area contributed by atoms with Gasteiger partial charge in [-0.05, 0) is 71.1 Å². The molecule has 0 spiro atoms. The molecule has 0 radical (unpaired) electrons. The van der Waals surface area contributed by atoms with Crippen LogP contribution in [-0.4, -0.2) is 67.2 Å². The van der Waals surface area contributed by atoms with E-state index >= 15 is 0 Å². The van der Waals surface area contributed by atoms with Crippen LogP contribution in [0.5, 0.6) is 0 Å². The van der Waals surface area contributed by atoms with Crippen LogP contribution in [0.3, 0.4) is 0 Å². The van der Waals surface area contributed by atoms with Gasteiger partial charge < -0.3 is 20.4 Å². The van der Waals surface area contributed by atoms with E-state index in [1.165, 1.54) is 5.69 Å². The van der Waals surface area contributed by atoms with Gasteiger partial charge >= 0.3 is 0 Å². The molecule has 6 heteroatoms. The van der Waals surface area contributed by atoms with Crippen molar-refractivity contribution in [3.8, 4) is 11.4 Å². The van der Waals surface area contributed by atoms with Gasteiger partial charge in [-0.1, -0.05) is 0 Å². The Hall–Kier alpha value is -2.18. The Kier molecular flexibility index (Phi) is 5.78. The van der Waals surface area contributed by atoms with Gasteiger partial charge in [-0.25, -0.2) is 9.97 Å². The summed E-state index contributed by atoms with van der Waals surface area (Å²) in [5.41, 5.74) is 4.56. The van der Waals surface area contributed by atoms with Gasteiger partial charge in [0.25, 0.3) is 0 Å². The monoisotopic (exact) mass is 380 g/mol. The van der Waals surface area contributed by atoms with E-state index in [2.05, 4.69) is 65.6 Å². The maximum atomic E-state index is 4.89. The summed E-state index contributed by atoms with van der Waals surface area (Å²) in [4.78, 5) is 14.5. The van der Waals surface area contributed by atoms with Crippen LogP contribution >= 0.6 is 0 Å². The maximum Gasteiger partial charge on any atom is 0.161 e. The van der Waals surface area contributed by atoms with E-state index in [4.69, 9.17) is 9.97 Å². The minimum absolute atomic E-state index is 0.488. The fraction of sp³-hybridized carbons (Fsp3) is 0.545. The molecule has 2 N–H and O–H groups in total. The number of aryl methyl sites for hydroxylation is 1. The van der Waals surface area contributed by atoms with Crippen LogP contribution in [0.15, 0.2) is 24.3 Å². The van der Waals surface area contributed by atoms with Gasteiger partial charge in [0.1, 0.15) is 5.82 Å². The zero-order valence-corrected chi connectivity index (χ0v) is 17.3. The number of aromatic nitrogens is 2. The standard InChI is InChI=1S/C22H32N6/c1-16-17(2)24-22(26-21(16)25-19-8-10-23-11-9-19)18-4-6-20(7-5-18)28-14-12-27(3)13-15-28/h4-7,19,23H,8-15H2,1-3H3,(H,24,25,26). The summed E-state index contributed by atoms with van der Waals surface area (Å²) in [6, 6.07) is 9.22. The van der Waals surface area contributed by atoms with Crippen molar-refractivity contribution in [2.24, 2.45) is 0 Å². The molecule has 2 aliphatic rings. The van der Waals surface area contributed by atoms with E-state index in [-0.39, 0.29) is 0 Å². The number of nitrogens with one attached hydrogen (secondary N) is 2. The van der Waals surface area contributed by atoms with Gasteiger partial charge in [0, 0.05) is 54.7 Å². The van der Waals surface area contributed by atoms with Crippen molar-refractivity contribution in [2.45, 2.75) is 32.7 Å². The Balaban J connectivity index is 1.53. The summed E-state index contributed by atoms with van der Waals surface area (Å²) in [5, 5.41) is 7.08. The van der Waals surface area contributed by atoms with Crippen molar-refractivity contribution in [2.75, 3.05) is 56.5 Å². The molecule has 1 aromatic carbocycles. The van der Waals surface area contributed by atoms with Crippen LogP contribution in [0.25, 0.3) is 11.4 Å². The van der Waals surface area contributed by atoms with Crippen LogP contribution in [0.2, 0.25) is 0 Å². The molecule has 2 aliphatic heterocycles. The summed E-state index contributed by atoms with van der Waals surface area (Å²) in [5.74, 6) is 1.79. The third-order valence-corrected chi connectivity index (χ3v) is 6.06. The van der Waals surface area contributed by atoms with Crippen LogP contribution in [-0.2, 0) is 0 Å². The Morgan fingerprint density at radius 3 is 2.32 bits per heavy atom. The highest BCUT2D eigenvalue weighted by molar-refractivity contribution is 5.63. The van der Waals surface area contributed by atoms with Gasteiger partial charge in [0.05, 0.1) is 0 Å². The third kappa shape index (κ3) is 4.28. The molecule has 3 heterocycles. The molecule has 0 atom stereocenters. The highest BCUT2D eigenvalue weighted by atomic mass is 15.2. The fourth-order valence-corrected chi connectivity index (χ4v) is 3.94. The molecule has 0 saturated carbocycles. The molecular formula is C22H32N6. The topological polar surface area (TPSA) is 56.3 Å². The van der Waals surface area contributed by atoms with Crippen molar-refractivity contribution in [1.29, 1.82) is 0 Å². The lowest BCUT2D eigenvalue weighted by Gasteiger charge is -2.34. The fourth-order valence-electron chi connectivity index (χ4n) is 3.94. The van der Waals surface area contributed by atoms with Crippen molar-refractivity contribution in [1.82, 2.24) is 20.2 Å². The molecule has 0 aliphatic carbocycles. The number of anilines is 2. The van der Waals surface area contributed by atoms with Crippen LogP contribution < -0.4 is 15.5 Å². The number of piperazine rings is 1. The second-order valence-electron chi connectivity index (χ2n) is 8.11. The van der Waals surface area contributed by atoms with Gasteiger partial charge in [0.2, 0.25) is 0 Å². The first-order valence-corrected chi connectivity index (χ1v) is 10.5. The van der Waals surface area contributed by atoms with E-state index in [0.717, 1.165) is 80.6 Å². The molecule has 0 bridgehead atoms. The maximum absolute atomic E-state index is 4.89. The Morgan fingerprint density at radius 1 is 0.964 bits per heavy atom. The molecule has 2 aromatic rings. The predicted octanol–water partition coefficient (Wildman–Crippen LogP) is 2.68. The van der Waals surface area contributed by atoms with E-state index in [1.54, 1.807) is 0 Å². The van der Waals surface area contributed by atoms with Crippen molar-refractivity contribution in [3.05, 3.63) is 35.5 Å². The van der Waals surface area contributed by atoms with Crippen LogP contribution in [0.4, 0.5) is 11.5 Å². The Morgan fingerprint density at radius 2 is 1.64 bits per heavy atom. The number of likely N-dealkylation sites (N-methyl/N-ethyl adjacent to an activating group) is 1. The van der Waals surface area contributed by atoms with E-state index in [1.807, 2.05) is 0 Å². The summed E-state index contributed by atoms with van der Waals surface area (Å²) < 4.78 is 0. The lowest BCUT2D eigenvalue weighted by Crippen LogP contribution is -2.44. The number of nitrogens with zero attached hydrogens (tertiary/aromatic N) is 4. The predicted molar refractivity (Wildman–Crippen MR) is 116 cm³/mol. The molecule has 2 fully saturated rings. The summed E-state index contributed by atoms with van der Waals surface area (Å²) in [7, 11) is 2.19. The van der Waals surface area contributed by atoms with Gasteiger partial charge in [0.15, 0.2) is 5.82 Å². The smallest absolute Gasteiger partial charge is 0.161 e. The van der Waals surface area contributed by atoms with Crippen molar-refractivity contribution in [3.63, 3.8) is 0 Å². The van der Waals surface area contributed by atoms with Gasteiger partial charge in [-0.3, -0.25) is 0 Å². The summed E-state index contributed by atoms with van der Waals surface area (Å²) in [6.45, 7) is 10.7. The van der Waals surface area contributed by atoms with E-state index in [0.29, 0.717) is 6.04 Å². The SMILES string of the molecule is Cc1nc(-c2ccc(N3CCN(C)CC3)cc2)nc(NC2CCNCC2)c1C. The van der Waals surface area contributed by atoms with Crippen molar-refractivity contribution >= 4 is 11.5 Å². The molecule has 6 nitrogen and oxygen atoms in total. The molecular weight excluding hydrogens is 348 g/mol. The molecule has 1 aromatic heterocycles. The van der Waals surface area contributed by atoms with Gasteiger partial charge in [-0.15, -0.1) is 0 Å². The quantitative estimate of drug-likeness (QED) is 0.851. The molecule has 150 valence electrons. The Labute approximate surface area is 168 Å². The first-order valence-electron chi connectivity index (χ1n) is 10.5. The first kappa shape index (κ1) is 19.2. The van der Waals surface area contributed by atoms with E-state index in [9.17, 15) is 0 Å². The zero-order chi connectivity index (χ0) is 19.5. The normalized spacial score (nSPS) is 19.0. The molecule has 2 saturated heterocycles. The second kappa shape index (κ2) is 8.45. The highest BCUT2D eigenvalue weighted by Crippen LogP contribution is 2.25. The highest BCUT2D eigenvalue weighted by Gasteiger charge is 2.17. The number of hydrogen-bond acceptors (Lipinski definition) is 6. The van der Waals surface area contributed by atoms with Crippen LogP contribution in [0.1, 0.15) is 24.1 Å². The molecule has 0 amide bonds. The van der Waals surface area contributed by atoms with Crippen molar-refractivity contribution < 1.29 is 0 Å². The minimum Gasteiger partial charge on any atom is -0.369 e. The summed E-state index contributed by atoms with van der Waals surface area (Å²) in [6.07, 6.45) is 2.27. The second-order valence-corrected chi connectivity index (χ2v) is 8.11. The lowest BCUT2D eigenvalue weighted by molar-refractivity contribution is 0.313. The number of benzene rings is 1.